The number of nitrogens with zero attached hydrogens (tertiary/aromatic N) is 3. The highest BCUT2D eigenvalue weighted by Crippen LogP contribution is 2.28. The standard InChI is InChI=1S/C18H25N5O/c1-22(2)10-12-3-4-15-14(9-12)17(21-20-15)18(24)19-16-11-23-7-5-13(16)6-8-23/h3-4,9,13,16H,5-8,10-11H2,1-2H3,(H,19,24)(H,20,21)/t16-/m1/s1. The number of amides is 1. The molecule has 0 spiro atoms. The minimum atomic E-state index is -0.0537. The van der Waals surface area contributed by atoms with Crippen molar-refractivity contribution in [1.82, 2.24) is 25.3 Å². The maximum Gasteiger partial charge on any atom is 0.272 e. The lowest BCUT2D eigenvalue weighted by molar-refractivity contribution is 0.0618. The molecule has 0 saturated carbocycles. The highest BCUT2D eigenvalue weighted by molar-refractivity contribution is 6.04. The monoisotopic (exact) mass is 327 g/mol. The van der Waals surface area contributed by atoms with Gasteiger partial charge in [0.15, 0.2) is 5.69 Å². The van der Waals surface area contributed by atoms with Crippen molar-refractivity contribution >= 4 is 16.8 Å². The molecule has 6 nitrogen and oxygen atoms in total. The number of fused-ring (bicyclic) bond motifs is 4. The lowest BCUT2D eigenvalue weighted by Gasteiger charge is -2.44. The highest BCUT2D eigenvalue weighted by Gasteiger charge is 2.35. The molecule has 4 heterocycles. The Morgan fingerprint density at radius 3 is 2.83 bits per heavy atom. The van der Waals surface area contributed by atoms with Crippen LogP contribution < -0.4 is 5.32 Å². The molecule has 3 aliphatic rings. The summed E-state index contributed by atoms with van der Waals surface area (Å²) in [5.74, 6) is 0.565. The predicted octanol–water partition coefficient (Wildman–Crippen LogP) is 1.45. The van der Waals surface area contributed by atoms with E-state index in [0.717, 1.165) is 24.0 Å². The summed E-state index contributed by atoms with van der Waals surface area (Å²) in [6, 6.07) is 6.42. The fourth-order valence-corrected chi connectivity index (χ4v) is 4.06. The highest BCUT2D eigenvalue weighted by atomic mass is 16.2. The van der Waals surface area contributed by atoms with E-state index in [1.165, 1.54) is 31.5 Å². The molecule has 2 N–H and O–H groups in total. The van der Waals surface area contributed by atoms with Gasteiger partial charge in [0.05, 0.1) is 5.52 Å². The number of carbonyl (C=O) groups excluding carboxylic acids is 1. The third-order valence-corrected chi connectivity index (χ3v) is 5.31. The van der Waals surface area contributed by atoms with Crippen molar-refractivity contribution in [3.63, 3.8) is 0 Å². The van der Waals surface area contributed by atoms with E-state index in [4.69, 9.17) is 0 Å². The number of piperidine rings is 3. The van der Waals surface area contributed by atoms with E-state index in [1.807, 2.05) is 20.2 Å². The van der Waals surface area contributed by atoms with E-state index in [2.05, 4.69) is 37.4 Å². The Morgan fingerprint density at radius 1 is 1.38 bits per heavy atom. The largest absolute Gasteiger partial charge is 0.346 e. The topological polar surface area (TPSA) is 64.3 Å². The minimum Gasteiger partial charge on any atom is -0.346 e. The quantitative estimate of drug-likeness (QED) is 0.892. The van der Waals surface area contributed by atoms with E-state index in [0.29, 0.717) is 11.6 Å². The third-order valence-electron chi connectivity index (χ3n) is 5.31. The lowest BCUT2D eigenvalue weighted by atomic mass is 9.84. The number of aromatic nitrogens is 2. The smallest absolute Gasteiger partial charge is 0.272 e. The molecule has 0 radical (unpaired) electrons. The van der Waals surface area contributed by atoms with Crippen molar-refractivity contribution in [2.24, 2.45) is 5.92 Å². The van der Waals surface area contributed by atoms with E-state index in [-0.39, 0.29) is 11.9 Å². The summed E-state index contributed by atoms with van der Waals surface area (Å²) in [6.07, 6.45) is 2.39. The molecule has 0 unspecified atom stereocenters. The van der Waals surface area contributed by atoms with Crippen LogP contribution in [0.3, 0.4) is 0 Å². The average Bonchev–Trinajstić information content (AvgIpc) is 2.98. The van der Waals surface area contributed by atoms with Crippen LogP contribution >= 0.6 is 0 Å². The number of aromatic amines is 1. The van der Waals surface area contributed by atoms with Gasteiger partial charge in [0.1, 0.15) is 0 Å². The number of hydrogen-bond donors (Lipinski definition) is 2. The molecule has 6 heteroatoms. The van der Waals surface area contributed by atoms with Gasteiger partial charge >= 0.3 is 0 Å². The van der Waals surface area contributed by atoms with Crippen LogP contribution in [-0.4, -0.2) is 65.7 Å². The maximum absolute atomic E-state index is 12.8. The van der Waals surface area contributed by atoms with E-state index < -0.39 is 0 Å². The molecule has 2 aromatic rings. The average molecular weight is 327 g/mol. The molecule has 1 aromatic heterocycles. The molecule has 3 aliphatic heterocycles. The SMILES string of the molecule is CN(C)Cc1ccc2[nH]nc(C(=O)N[C@@H]3CN4CCC3CC4)c2c1. The van der Waals surface area contributed by atoms with Crippen LogP contribution in [0.4, 0.5) is 0 Å². The first kappa shape index (κ1) is 15.6. The van der Waals surface area contributed by atoms with Gasteiger partial charge in [0.25, 0.3) is 5.91 Å². The number of benzene rings is 1. The normalized spacial score (nSPS) is 26.2. The van der Waals surface area contributed by atoms with Crippen molar-refractivity contribution in [3.05, 3.63) is 29.5 Å². The van der Waals surface area contributed by atoms with E-state index in [9.17, 15) is 4.79 Å². The lowest BCUT2D eigenvalue weighted by Crippen LogP contribution is -2.57. The van der Waals surface area contributed by atoms with E-state index in [1.54, 1.807) is 0 Å². The van der Waals surface area contributed by atoms with Crippen molar-refractivity contribution in [1.29, 1.82) is 0 Å². The van der Waals surface area contributed by atoms with Gasteiger partial charge in [-0.3, -0.25) is 9.89 Å². The van der Waals surface area contributed by atoms with Crippen LogP contribution in [0.5, 0.6) is 0 Å². The number of rotatable bonds is 4. The summed E-state index contributed by atoms with van der Waals surface area (Å²) < 4.78 is 0. The molecule has 2 bridgehead atoms. The van der Waals surface area contributed by atoms with Crippen LogP contribution in [-0.2, 0) is 6.54 Å². The molecule has 128 valence electrons. The zero-order valence-electron chi connectivity index (χ0n) is 14.4. The molecule has 1 amide bonds. The molecule has 3 saturated heterocycles. The second-order valence-electron chi connectivity index (χ2n) is 7.41. The molecule has 0 aliphatic carbocycles. The van der Waals surface area contributed by atoms with Gasteiger partial charge in [-0.1, -0.05) is 6.07 Å². The van der Waals surface area contributed by atoms with E-state index >= 15 is 0 Å². The van der Waals surface area contributed by atoms with Gasteiger partial charge in [-0.05, 0) is 63.6 Å². The second kappa shape index (κ2) is 6.18. The predicted molar refractivity (Wildman–Crippen MR) is 93.9 cm³/mol. The molecule has 1 atom stereocenters. The molecular weight excluding hydrogens is 302 g/mol. The van der Waals surface area contributed by atoms with Crippen LogP contribution in [0.15, 0.2) is 18.2 Å². The van der Waals surface area contributed by atoms with Crippen molar-refractivity contribution in [3.8, 4) is 0 Å². The maximum atomic E-state index is 12.8. The molecule has 24 heavy (non-hydrogen) atoms. The summed E-state index contributed by atoms with van der Waals surface area (Å²) in [4.78, 5) is 17.3. The van der Waals surface area contributed by atoms with Crippen LogP contribution in [0.2, 0.25) is 0 Å². The molecule has 3 fully saturated rings. The van der Waals surface area contributed by atoms with Gasteiger partial charge < -0.3 is 15.1 Å². The Hall–Kier alpha value is -1.92. The van der Waals surface area contributed by atoms with Crippen LogP contribution in [0.1, 0.15) is 28.9 Å². The number of carbonyl (C=O) groups is 1. The van der Waals surface area contributed by atoms with Crippen LogP contribution in [0.25, 0.3) is 10.9 Å². The summed E-state index contributed by atoms with van der Waals surface area (Å²) in [6.45, 7) is 4.18. The minimum absolute atomic E-state index is 0.0537. The van der Waals surface area contributed by atoms with Gasteiger partial charge in [0, 0.05) is 24.5 Å². The summed E-state index contributed by atoms with van der Waals surface area (Å²) in [5.41, 5.74) is 2.62. The molecule has 1 aromatic carbocycles. The van der Waals surface area contributed by atoms with Gasteiger partial charge in [-0.2, -0.15) is 5.10 Å². The van der Waals surface area contributed by atoms with Crippen molar-refractivity contribution in [2.45, 2.75) is 25.4 Å². The Morgan fingerprint density at radius 2 is 2.17 bits per heavy atom. The number of hydrogen-bond acceptors (Lipinski definition) is 4. The molecular formula is C18H25N5O. The van der Waals surface area contributed by atoms with Crippen molar-refractivity contribution < 1.29 is 4.79 Å². The van der Waals surface area contributed by atoms with Gasteiger partial charge in [-0.25, -0.2) is 0 Å². The van der Waals surface area contributed by atoms with Gasteiger partial charge in [-0.15, -0.1) is 0 Å². The number of H-pyrrole nitrogens is 1. The Kier molecular flexibility index (Phi) is 4.02. The fraction of sp³-hybridized carbons (Fsp3) is 0.556. The first-order valence-corrected chi connectivity index (χ1v) is 8.75. The Labute approximate surface area is 142 Å². The summed E-state index contributed by atoms with van der Waals surface area (Å²) in [7, 11) is 4.08. The van der Waals surface area contributed by atoms with Crippen molar-refractivity contribution in [2.75, 3.05) is 33.7 Å². The van der Waals surface area contributed by atoms with Crippen LogP contribution in [0, 0.1) is 5.92 Å². The zero-order chi connectivity index (χ0) is 16.7. The number of nitrogens with one attached hydrogen (secondary N) is 2. The fourth-order valence-electron chi connectivity index (χ4n) is 4.06. The zero-order valence-corrected chi connectivity index (χ0v) is 14.4. The first-order chi connectivity index (χ1) is 11.6. The summed E-state index contributed by atoms with van der Waals surface area (Å²) in [5, 5.41) is 11.4. The first-order valence-electron chi connectivity index (χ1n) is 8.75. The third kappa shape index (κ3) is 2.91. The summed E-state index contributed by atoms with van der Waals surface area (Å²) >= 11 is 0. The second-order valence-corrected chi connectivity index (χ2v) is 7.41. The van der Waals surface area contributed by atoms with Gasteiger partial charge in [0.2, 0.25) is 0 Å². The Balaban J connectivity index is 1.55. The molecule has 5 rings (SSSR count). The Bertz CT molecular complexity index is 745.